The standard InChI is InChI=1S/C16H19NO2.ClH.H2O/c17-16(11-18,12-19)10-13-6-8-15(9-7-13)14-4-2-1-3-5-14;;/h1-9,18-19H,10-12,17H2;1H;1H2. The number of rotatable bonds is 5. The number of nitrogens with two attached hydrogens (primary N) is 1. The molecule has 0 fully saturated rings. The Labute approximate surface area is 131 Å². The topological polar surface area (TPSA) is 98.0 Å². The molecular weight excluding hydrogens is 290 g/mol. The van der Waals surface area contributed by atoms with E-state index in [1.54, 1.807) is 0 Å². The van der Waals surface area contributed by atoms with Gasteiger partial charge < -0.3 is 21.4 Å². The van der Waals surface area contributed by atoms with E-state index in [4.69, 9.17) is 5.73 Å². The van der Waals surface area contributed by atoms with Crippen molar-refractivity contribution in [3.05, 3.63) is 60.2 Å². The van der Waals surface area contributed by atoms with E-state index in [9.17, 15) is 10.2 Å². The molecule has 0 aliphatic carbocycles. The summed E-state index contributed by atoms with van der Waals surface area (Å²) >= 11 is 0. The average molecular weight is 312 g/mol. The van der Waals surface area contributed by atoms with E-state index in [2.05, 4.69) is 12.1 Å². The molecule has 0 aromatic heterocycles. The Hall–Kier alpha value is -1.43. The van der Waals surface area contributed by atoms with Crippen molar-refractivity contribution in [2.24, 2.45) is 5.73 Å². The molecule has 0 saturated heterocycles. The normalized spacial score (nSPS) is 10.4. The second-order valence-electron chi connectivity index (χ2n) is 4.92. The fourth-order valence-electron chi connectivity index (χ4n) is 2.01. The van der Waals surface area contributed by atoms with Gasteiger partial charge >= 0.3 is 0 Å². The van der Waals surface area contributed by atoms with Gasteiger partial charge in [-0.05, 0) is 23.1 Å². The summed E-state index contributed by atoms with van der Waals surface area (Å²) in [6, 6.07) is 18.1. The highest BCUT2D eigenvalue weighted by Crippen LogP contribution is 2.20. The summed E-state index contributed by atoms with van der Waals surface area (Å²) in [4.78, 5) is 0. The molecule has 2 aromatic rings. The van der Waals surface area contributed by atoms with Crippen LogP contribution in [0.1, 0.15) is 5.56 Å². The molecular formula is C16H22ClNO3. The summed E-state index contributed by atoms with van der Waals surface area (Å²) in [5.41, 5.74) is 8.24. The molecule has 0 spiro atoms. The first-order valence-corrected chi connectivity index (χ1v) is 6.32. The van der Waals surface area contributed by atoms with Gasteiger partial charge in [0.05, 0.1) is 18.8 Å². The predicted octanol–water partition coefficient (Wildman–Crippen LogP) is 1.18. The van der Waals surface area contributed by atoms with Crippen molar-refractivity contribution in [2.75, 3.05) is 13.2 Å². The van der Waals surface area contributed by atoms with Crippen LogP contribution in [0.15, 0.2) is 54.6 Å². The summed E-state index contributed by atoms with van der Waals surface area (Å²) in [5.74, 6) is 0. The predicted molar refractivity (Wildman–Crippen MR) is 87.5 cm³/mol. The van der Waals surface area contributed by atoms with Gasteiger partial charge in [0.1, 0.15) is 0 Å². The van der Waals surface area contributed by atoms with E-state index < -0.39 is 5.54 Å². The fraction of sp³-hybridized carbons (Fsp3) is 0.250. The van der Waals surface area contributed by atoms with E-state index in [-0.39, 0.29) is 31.1 Å². The number of hydrogen-bond donors (Lipinski definition) is 3. The highest BCUT2D eigenvalue weighted by molar-refractivity contribution is 5.85. The lowest BCUT2D eigenvalue weighted by Gasteiger charge is -2.24. The first kappa shape index (κ1) is 19.6. The molecule has 2 aromatic carbocycles. The van der Waals surface area contributed by atoms with Gasteiger partial charge in [-0.15, -0.1) is 12.4 Å². The molecule has 2 rings (SSSR count). The van der Waals surface area contributed by atoms with E-state index in [0.29, 0.717) is 6.42 Å². The fourth-order valence-corrected chi connectivity index (χ4v) is 2.01. The van der Waals surface area contributed by atoms with Crippen LogP contribution < -0.4 is 5.73 Å². The zero-order valence-electron chi connectivity index (χ0n) is 11.7. The van der Waals surface area contributed by atoms with Gasteiger partial charge in [-0.1, -0.05) is 54.6 Å². The molecule has 0 aliphatic rings. The Morgan fingerprint density at radius 3 is 1.76 bits per heavy atom. The first-order valence-electron chi connectivity index (χ1n) is 6.32. The third-order valence-corrected chi connectivity index (χ3v) is 3.25. The Kier molecular flexibility index (Phi) is 8.17. The summed E-state index contributed by atoms with van der Waals surface area (Å²) in [6.45, 7) is -0.464. The van der Waals surface area contributed by atoms with E-state index in [0.717, 1.165) is 16.7 Å². The van der Waals surface area contributed by atoms with Crippen molar-refractivity contribution < 1.29 is 15.7 Å². The minimum Gasteiger partial charge on any atom is -0.412 e. The van der Waals surface area contributed by atoms with Crippen molar-refractivity contribution in [1.29, 1.82) is 0 Å². The van der Waals surface area contributed by atoms with Crippen LogP contribution in [-0.2, 0) is 6.42 Å². The molecule has 0 aliphatic heterocycles. The molecule has 0 bridgehead atoms. The van der Waals surface area contributed by atoms with Gasteiger partial charge in [-0.3, -0.25) is 0 Å². The molecule has 4 nitrogen and oxygen atoms in total. The Balaban J connectivity index is 0.00000200. The van der Waals surface area contributed by atoms with Crippen LogP contribution in [-0.4, -0.2) is 34.4 Å². The van der Waals surface area contributed by atoms with Crippen molar-refractivity contribution in [3.8, 4) is 11.1 Å². The third-order valence-electron chi connectivity index (χ3n) is 3.25. The maximum atomic E-state index is 9.19. The number of benzene rings is 2. The monoisotopic (exact) mass is 311 g/mol. The van der Waals surface area contributed by atoms with Crippen molar-refractivity contribution >= 4 is 12.4 Å². The maximum absolute atomic E-state index is 9.19. The van der Waals surface area contributed by atoms with Crippen LogP contribution in [0, 0.1) is 0 Å². The quantitative estimate of drug-likeness (QED) is 0.773. The van der Waals surface area contributed by atoms with Gasteiger partial charge in [-0.2, -0.15) is 0 Å². The van der Waals surface area contributed by atoms with Crippen LogP contribution in [0.5, 0.6) is 0 Å². The Morgan fingerprint density at radius 2 is 1.29 bits per heavy atom. The molecule has 0 heterocycles. The SMILES string of the molecule is Cl.NC(CO)(CO)Cc1ccc(-c2ccccc2)cc1.O. The molecule has 0 radical (unpaired) electrons. The van der Waals surface area contributed by atoms with E-state index >= 15 is 0 Å². The van der Waals surface area contributed by atoms with Gasteiger partial charge in [-0.25, -0.2) is 0 Å². The average Bonchev–Trinajstić information content (AvgIpc) is 2.49. The van der Waals surface area contributed by atoms with Gasteiger partial charge in [0.2, 0.25) is 0 Å². The minimum absolute atomic E-state index is 0. The molecule has 0 saturated carbocycles. The lowest BCUT2D eigenvalue weighted by Crippen LogP contribution is -2.49. The number of aliphatic hydroxyl groups excluding tert-OH is 2. The largest absolute Gasteiger partial charge is 0.412 e. The molecule has 0 unspecified atom stereocenters. The zero-order chi connectivity index (χ0) is 13.7. The van der Waals surface area contributed by atoms with Crippen LogP contribution in [0.2, 0.25) is 0 Å². The summed E-state index contributed by atoms with van der Waals surface area (Å²) in [6.07, 6.45) is 0.453. The van der Waals surface area contributed by atoms with Crippen LogP contribution in [0.4, 0.5) is 0 Å². The highest BCUT2D eigenvalue weighted by atomic mass is 35.5. The van der Waals surface area contributed by atoms with Gasteiger partial charge in [0.15, 0.2) is 0 Å². The lowest BCUT2D eigenvalue weighted by atomic mass is 9.92. The molecule has 5 heteroatoms. The summed E-state index contributed by atoms with van der Waals surface area (Å²) in [5, 5.41) is 18.4. The molecule has 21 heavy (non-hydrogen) atoms. The summed E-state index contributed by atoms with van der Waals surface area (Å²) in [7, 11) is 0. The maximum Gasteiger partial charge on any atom is 0.0663 e. The Morgan fingerprint density at radius 1 is 0.810 bits per heavy atom. The van der Waals surface area contributed by atoms with Crippen molar-refractivity contribution in [2.45, 2.75) is 12.0 Å². The number of halogens is 1. The molecule has 0 amide bonds. The first-order chi connectivity index (χ1) is 9.17. The summed E-state index contributed by atoms with van der Waals surface area (Å²) < 4.78 is 0. The minimum atomic E-state index is -0.950. The Bertz CT molecular complexity index is 513. The van der Waals surface area contributed by atoms with Crippen LogP contribution in [0.3, 0.4) is 0 Å². The molecule has 0 atom stereocenters. The van der Waals surface area contributed by atoms with Gasteiger partial charge in [0, 0.05) is 0 Å². The van der Waals surface area contributed by atoms with Crippen LogP contribution >= 0.6 is 12.4 Å². The second-order valence-corrected chi connectivity index (χ2v) is 4.92. The smallest absolute Gasteiger partial charge is 0.0663 e. The lowest BCUT2D eigenvalue weighted by molar-refractivity contribution is 0.121. The molecule has 116 valence electrons. The van der Waals surface area contributed by atoms with Crippen LogP contribution in [0.25, 0.3) is 11.1 Å². The molecule has 6 N–H and O–H groups in total. The van der Waals surface area contributed by atoms with Gasteiger partial charge in [0.25, 0.3) is 0 Å². The van der Waals surface area contributed by atoms with Crippen molar-refractivity contribution in [3.63, 3.8) is 0 Å². The van der Waals surface area contributed by atoms with E-state index in [1.165, 1.54) is 0 Å². The van der Waals surface area contributed by atoms with Crippen molar-refractivity contribution in [1.82, 2.24) is 0 Å². The third kappa shape index (κ3) is 5.12. The number of hydrogen-bond acceptors (Lipinski definition) is 3. The number of aliphatic hydroxyl groups is 2. The highest BCUT2D eigenvalue weighted by Gasteiger charge is 2.23. The zero-order valence-corrected chi connectivity index (χ0v) is 12.5. The van der Waals surface area contributed by atoms with E-state index in [1.807, 2.05) is 42.5 Å². The second kappa shape index (κ2) is 8.77.